The highest BCUT2D eigenvalue weighted by Gasteiger charge is 2.13. The highest BCUT2D eigenvalue weighted by molar-refractivity contribution is 5.55. The molecule has 0 radical (unpaired) electrons. The van der Waals surface area contributed by atoms with Crippen LogP contribution in [0.4, 0.5) is 5.69 Å². The summed E-state index contributed by atoms with van der Waals surface area (Å²) in [5.41, 5.74) is 8.48. The number of benzene rings is 1. The Morgan fingerprint density at radius 2 is 1.94 bits per heavy atom. The van der Waals surface area contributed by atoms with Crippen molar-refractivity contribution in [3.05, 3.63) is 29.8 Å². The van der Waals surface area contributed by atoms with Crippen molar-refractivity contribution in [3.8, 4) is 0 Å². The SMILES string of the molecule is CCCN(CCO)c1ccccc1[C@@H](N)CC. The quantitative estimate of drug-likeness (QED) is 0.763. The Morgan fingerprint density at radius 1 is 1.24 bits per heavy atom. The molecule has 0 unspecified atom stereocenters. The van der Waals surface area contributed by atoms with Crippen molar-refractivity contribution in [1.29, 1.82) is 0 Å². The highest BCUT2D eigenvalue weighted by Crippen LogP contribution is 2.26. The van der Waals surface area contributed by atoms with Crippen molar-refractivity contribution in [2.75, 3.05) is 24.6 Å². The highest BCUT2D eigenvalue weighted by atomic mass is 16.3. The molecule has 1 aromatic rings. The van der Waals surface area contributed by atoms with Gasteiger partial charge in [0.05, 0.1) is 6.61 Å². The van der Waals surface area contributed by atoms with Gasteiger partial charge in [-0.25, -0.2) is 0 Å². The first-order chi connectivity index (χ1) is 8.24. The largest absolute Gasteiger partial charge is 0.395 e. The molecule has 96 valence electrons. The second kappa shape index (κ2) is 7.30. The molecule has 17 heavy (non-hydrogen) atoms. The molecule has 3 nitrogen and oxygen atoms in total. The van der Waals surface area contributed by atoms with Gasteiger partial charge in [-0.05, 0) is 24.5 Å². The van der Waals surface area contributed by atoms with Crippen molar-refractivity contribution < 1.29 is 5.11 Å². The molecule has 0 heterocycles. The van der Waals surface area contributed by atoms with Crippen LogP contribution in [0.25, 0.3) is 0 Å². The van der Waals surface area contributed by atoms with Crippen LogP contribution in [0.2, 0.25) is 0 Å². The summed E-state index contributed by atoms with van der Waals surface area (Å²) in [6, 6.07) is 8.31. The number of nitrogens with two attached hydrogens (primary N) is 1. The number of para-hydroxylation sites is 1. The maximum Gasteiger partial charge on any atom is 0.0606 e. The maximum absolute atomic E-state index is 9.14. The zero-order valence-electron chi connectivity index (χ0n) is 10.9. The van der Waals surface area contributed by atoms with Crippen LogP contribution in [0.3, 0.4) is 0 Å². The zero-order chi connectivity index (χ0) is 12.7. The van der Waals surface area contributed by atoms with Crippen LogP contribution in [-0.4, -0.2) is 24.8 Å². The number of anilines is 1. The topological polar surface area (TPSA) is 49.5 Å². The van der Waals surface area contributed by atoms with Gasteiger partial charge in [0.1, 0.15) is 0 Å². The normalized spacial score (nSPS) is 12.5. The first kappa shape index (κ1) is 14.0. The van der Waals surface area contributed by atoms with E-state index in [-0.39, 0.29) is 12.6 Å². The lowest BCUT2D eigenvalue weighted by Gasteiger charge is -2.27. The fourth-order valence-corrected chi connectivity index (χ4v) is 2.05. The standard InChI is InChI=1S/C14H24N2O/c1-3-9-16(10-11-17)14-8-6-5-7-12(14)13(15)4-2/h5-8,13,17H,3-4,9-11,15H2,1-2H3/t13-/m0/s1. The van der Waals surface area contributed by atoms with Crippen LogP contribution >= 0.6 is 0 Å². The van der Waals surface area contributed by atoms with Crippen molar-refractivity contribution in [1.82, 2.24) is 0 Å². The predicted molar refractivity (Wildman–Crippen MR) is 73.3 cm³/mol. The maximum atomic E-state index is 9.14. The van der Waals surface area contributed by atoms with Gasteiger partial charge in [0.15, 0.2) is 0 Å². The fraction of sp³-hybridized carbons (Fsp3) is 0.571. The van der Waals surface area contributed by atoms with Crippen LogP contribution in [0, 0.1) is 0 Å². The second-order valence-corrected chi connectivity index (χ2v) is 4.28. The number of hydrogen-bond donors (Lipinski definition) is 2. The Hall–Kier alpha value is -1.06. The molecule has 0 bridgehead atoms. The molecule has 3 heteroatoms. The van der Waals surface area contributed by atoms with Gasteiger partial charge in [0.25, 0.3) is 0 Å². The summed E-state index contributed by atoms with van der Waals surface area (Å²) in [7, 11) is 0. The van der Waals surface area contributed by atoms with E-state index in [1.54, 1.807) is 0 Å². The van der Waals surface area contributed by atoms with E-state index in [9.17, 15) is 0 Å². The smallest absolute Gasteiger partial charge is 0.0606 e. The minimum Gasteiger partial charge on any atom is -0.395 e. The van der Waals surface area contributed by atoms with E-state index < -0.39 is 0 Å². The van der Waals surface area contributed by atoms with E-state index in [2.05, 4.69) is 30.9 Å². The van der Waals surface area contributed by atoms with Gasteiger partial charge in [-0.3, -0.25) is 0 Å². The Kier molecular flexibility index (Phi) is 6.01. The summed E-state index contributed by atoms with van der Waals surface area (Å²) in [6.07, 6.45) is 1.99. The van der Waals surface area contributed by atoms with Crippen molar-refractivity contribution in [2.45, 2.75) is 32.7 Å². The number of aliphatic hydroxyl groups is 1. The molecule has 1 rings (SSSR count). The molecule has 0 saturated heterocycles. The minimum atomic E-state index is 0.0734. The first-order valence-electron chi connectivity index (χ1n) is 6.44. The molecule has 0 saturated carbocycles. The van der Waals surface area contributed by atoms with Crippen LogP contribution in [0.5, 0.6) is 0 Å². The Morgan fingerprint density at radius 3 is 2.53 bits per heavy atom. The van der Waals surface area contributed by atoms with Gasteiger partial charge in [-0.2, -0.15) is 0 Å². The van der Waals surface area contributed by atoms with E-state index >= 15 is 0 Å². The van der Waals surface area contributed by atoms with Crippen molar-refractivity contribution >= 4 is 5.69 Å². The summed E-state index contributed by atoms with van der Waals surface area (Å²) in [4.78, 5) is 2.21. The monoisotopic (exact) mass is 236 g/mol. The predicted octanol–water partition coefficient (Wildman–Crippen LogP) is 2.31. The molecule has 0 spiro atoms. The van der Waals surface area contributed by atoms with Crippen LogP contribution in [0.15, 0.2) is 24.3 Å². The summed E-state index contributed by atoms with van der Waals surface area (Å²) in [6.45, 7) is 6.04. The molecule has 0 aliphatic rings. The van der Waals surface area contributed by atoms with Crippen LogP contribution < -0.4 is 10.6 Å². The first-order valence-corrected chi connectivity index (χ1v) is 6.44. The summed E-state index contributed by atoms with van der Waals surface area (Å²) in [5.74, 6) is 0. The molecule has 1 atom stereocenters. The molecular weight excluding hydrogens is 212 g/mol. The fourth-order valence-electron chi connectivity index (χ4n) is 2.05. The van der Waals surface area contributed by atoms with Gasteiger partial charge < -0.3 is 15.7 Å². The lowest BCUT2D eigenvalue weighted by atomic mass is 10.0. The Bertz CT molecular complexity index is 322. The molecule has 0 fully saturated rings. The third-order valence-corrected chi connectivity index (χ3v) is 2.98. The van der Waals surface area contributed by atoms with E-state index in [0.29, 0.717) is 6.54 Å². The minimum absolute atomic E-state index is 0.0734. The Balaban J connectivity index is 2.99. The van der Waals surface area contributed by atoms with E-state index in [0.717, 1.165) is 25.1 Å². The van der Waals surface area contributed by atoms with Crippen molar-refractivity contribution in [2.24, 2.45) is 5.73 Å². The lowest BCUT2D eigenvalue weighted by Crippen LogP contribution is -2.29. The summed E-state index contributed by atoms with van der Waals surface area (Å²) >= 11 is 0. The van der Waals surface area contributed by atoms with Crippen LogP contribution in [0.1, 0.15) is 38.3 Å². The summed E-state index contributed by atoms with van der Waals surface area (Å²) in [5, 5.41) is 9.14. The third-order valence-electron chi connectivity index (χ3n) is 2.98. The van der Waals surface area contributed by atoms with E-state index in [4.69, 9.17) is 10.8 Å². The molecule has 0 amide bonds. The average molecular weight is 236 g/mol. The van der Waals surface area contributed by atoms with Crippen LogP contribution in [-0.2, 0) is 0 Å². The zero-order valence-corrected chi connectivity index (χ0v) is 10.9. The average Bonchev–Trinajstić information content (AvgIpc) is 2.37. The number of hydrogen-bond acceptors (Lipinski definition) is 3. The second-order valence-electron chi connectivity index (χ2n) is 4.28. The third kappa shape index (κ3) is 3.72. The van der Waals surface area contributed by atoms with E-state index in [1.165, 1.54) is 5.56 Å². The number of rotatable bonds is 7. The molecule has 1 aromatic carbocycles. The molecule has 0 aromatic heterocycles. The van der Waals surface area contributed by atoms with E-state index in [1.807, 2.05) is 12.1 Å². The van der Waals surface area contributed by atoms with Gasteiger partial charge in [-0.1, -0.05) is 32.0 Å². The van der Waals surface area contributed by atoms with Gasteiger partial charge in [-0.15, -0.1) is 0 Å². The molecule has 3 N–H and O–H groups in total. The van der Waals surface area contributed by atoms with Crippen molar-refractivity contribution in [3.63, 3.8) is 0 Å². The Labute approximate surface area is 104 Å². The number of aliphatic hydroxyl groups excluding tert-OH is 1. The molecular formula is C14H24N2O. The summed E-state index contributed by atoms with van der Waals surface area (Å²) < 4.78 is 0. The van der Waals surface area contributed by atoms with Gasteiger partial charge in [0, 0.05) is 24.8 Å². The van der Waals surface area contributed by atoms with Gasteiger partial charge >= 0.3 is 0 Å². The molecule has 0 aliphatic carbocycles. The number of nitrogens with zero attached hydrogens (tertiary/aromatic N) is 1. The lowest BCUT2D eigenvalue weighted by molar-refractivity contribution is 0.301. The van der Waals surface area contributed by atoms with Gasteiger partial charge in [0.2, 0.25) is 0 Å². The molecule has 0 aliphatic heterocycles.